The summed E-state index contributed by atoms with van der Waals surface area (Å²) in [6.07, 6.45) is 7.12. The molecule has 1 saturated heterocycles. The molecule has 0 aromatic heterocycles. The monoisotopic (exact) mass is 372 g/mol. The molecular weight excluding hydrogens is 340 g/mol. The number of nitrogens with one attached hydrogen (secondary N) is 1. The van der Waals surface area contributed by atoms with Crippen LogP contribution in [0.2, 0.25) is 0 Å². The summed E-state index contributed by atoms with van der Waals surface area (Å²) in [5.74, 6) is 0.595. The number of amides is 2. The van der Waals surface area contributed by atoms with Crippen molar-refractivity contribution in [3.05, 3.63) is 29.3 Å². The molecule has 0 bridgehead atoms. The van der Waals surface area contributed by atoms with Crippen molar-refractivity contribution in [2.75, 3.05) is 13.1 Å². The number of piperidine rings is 1. The third kappa shape index (κ3) is 4.82. The first-order chi connectivity index (χ1) is 13.0. The van der Waals surface area contributed by atoms with Crippen LogP contribution in [-0.4, -0.2) is 41.0 Å². The lowest BCUT2D eigenvalue weighted by molar-refractivity contribution is -0.126. The SMILES string of the molecule is CC(C)c1ccc(O)c(C(=O)N2CCC(NC(=O)C3CCCCC3)CC2)c1. The number of phenols is 1. The predicted molar refractivity (Wildman–Crippen MR) is 106 cm³/mol. The smallest absolute Gasteiger partial charge is 0.257 e. The first kappa shape index (κ1) is 19.7. The molecule has 1 aliphatic carbocycles. The van der Waals surface area contributed by atoms with E-state index in [4.69, 9.17) is 0 Å². The molecule has 1 aromatic carbocycles. The highest BCUT2D eigenvalue weighted by Crippen LogP contribution is 2.27. The standard InChI is InChI=1S/C22H32N2O3/c1-15(2)17-8-9-20(25)19(14-17)22(27)24-12-10-18(11-13-24)23-21(26)16-6-4-3-5-7-16/h8-9,14-16,18,25H,3-7,10-13H2,1-2H3,(H,23,26). The summed E-state index contributed by atoms with van der Waals surface area (Å²) in [5.41, 5.74) is 1.43. The van der Waals surface area contributed by atoms with Crippen LogP contribution < -0.4 is 5.32 Å². The number of likely N-dealkylation sites (tertiary alicyclic amines) is 1. The number of carbonyl (C=O) groups is 2. The molecule has 2 amide bonds. The van der Waals surface area contributed by atoms with E-state index in [0.29, 0.717) is 24.6 Å². The zero-order valence-electron chi connectivity index (χ0n) is 16.5. The van der Waals surface area contributed by atoms with E-state index in [-0.39, 0.29) is 29.5 Å². The number of rotatable bonds is 4. The lowest BCUT2D eigenvalue weighted by atomic mass is 9.88. The number of carbonyl (C=O) groups excluding carboxylic acids is 2. The molecule has 2 N–H and O–H groups in total. The van der Waals surface area contributed by atoms with Gasteiger partial charge in [-0.25, -0.2) is 0 Å². The van der Waals surface area contributed by atoms with Crippen molar-refractivity contribution >= 4 is 11.8 Å². The predicted octanol–water partition coefficient (Wildman–Crippen LogP) is 3.82. The Morgan fingerprint density at radius 1 is 1.07 bits per heavy atom. The van der Waals surface area contributed by atoms with Crippen molar-refractivity contribution in [2.45, 2.75) is 70.8 Å². The molecular formula is C22H32N2O3. The van der Waals surface area contributed by atoms with Crippen molar-refractivity contribution < 1.29 is 14.7 Å². The average molecular weight is 373 g/mol. The fraction of sp³-hybridized carbons (Fsp3) is 0.636. The number of aromatic hydroxyl groups is 1. The van der Waals surface area contributed by atoms with E-state index in [1.807, 2.05) is 6.07 Å². The van der Waals surface area contributed by atoms with Crippen LogP contribution in [-0.2, 0) is 4.79 Å². The second-order valence-electron chi connectivity index (χ2n) is 8.34. The molecule has 5 nitrogen and oxygen atoms in total. The Labute approximate surface area is 162 Å². The van der Waals surface area contributed by atoms with Crippen LogP contribution in [0.5, 0.6) is 5.75 Å². The maximum Gasteiger partial charge on any atom is 0.257 e. The summed E-state index contributed by atoms with van der Waals surface area (Å²) in [6, 6.07) is 5.43. The van der Waals surface area contributed by atoms with Gasteiger partial charge in [0.05, 0.1) is 5.56 Å². The highest BCUT2D eigenvalue weighted by Gasteiger charge is 2.28. The number of phenolic OH excluding ortho intramolecular Hbond substituents is 1. The van der Waals surface area contributed by atoms with Crippen LogP contribution in [0.25, 0.3) is 0 Å². The van der Waals surface area contributed by atoms with E-state index in [2.05, 4.69) is 19.2 Å². The van der Waals surface area contributed by atoms with Gasteiger partial charge in [-0.3, -0.25) is 9.59 Å². The zero-order chi connectivity index (χ0) is 19.4. The molecule has 1 aliphatic heterocycles. The second kappa shape index (κ2) is 8.77. The Morgan fingerprint density at radius 2 is 1.74 bits per heavy atom. The highest BCUT2D eigenvalue weighted by molar-refractivity contribution is 5.97. The lowest BCUT2D eigenvalue weighted by Gasteiger charge is -2.33. The molecule has 0 spiro atoms. The fourth-order valence-electron chi connectivity index (χ4n) is 4.17. The van der Waals surface area contributed by atoms with Crippen LogP contribution in [0.1, 0.15) is 80.6 Å². The van der Waals surface area contributed by atoms with E-state index in [1.54, 1.807) is 17.0 Å². The molecule has 1 heterocycles. The van der Waals surface area contributed by atoms with Crippen molar-refractivity contribution in [1.82, 2.24) is 10.2 Å². The van der Waals surface area contributed by atoms with Crippen LogP contribution in [0.3, 0.4) is 0 Å². The molecule has 148 valence electrons. The molecule has 1 aromatic rings. The summed E-state index contributed by atoms with van der Waals surface area (Å²) in [6.45, 7) is 5.36. The van der Waals surface area contributed by atoms with Gasteiger partial charge in [0.25, 0.3) is 5.91 Å². The van der Waals surface area contributed by atoms with E-state index in [9.17, 15) is 14.7 Å². The molecule has 3 rings (SSSR count). The fourth-order valence-corrected chi connectivity index (χ4v) is 4.17. The minimum Gasteiger partial charge on any atom is -0.507 e. The van der Waals surface area contributed by atoms with Crippen molar-refractivity contribution in [2.24, 2.45) is 5.92 Å². The van der Waals surface area contributed by atoms with Gasteiger partial charge < -0.3 is 15.3 Å². The number of nitrogens with zero attached hydrogens (tertiary/aromatic N) is 1. The Hall–Kier alpha value is -2.04. The van der Waals surface area contributed by atoms with Gasteiger partial charge in [-0.15, -0.1) is 0 Å². The van der Waals surface area contributed by atoms with Crippen LogP contribution in [0.15, 0.2) is 18.2 Å². The Kier molecular flexibility index (Phi) is 6.40. The van der Waals surface area contributed by atoms with E-state index < -0.39 is 0 Å². The van der Waals surface area contributed by atoms with Gasteiger partial charge in [-0.1, -0.05) is 39.2 Å². The second-order valence-corrected chi connectivity index (χ2v) is 8.34. The largest absolute Gasteiger partial charge is 0.507 e. The van der Waals surface area contributed by atoms with Crippen LogP contribution in [0.4, 0.5) is 0 Å². The molecule has 2 aliphatic rings. The Balaban J connectivity index is 1.55. The quantitative estimate of drug-likeness (QED) is 0.844. The summed E-state index contributed by atoms with van der Waals surface area (Å²) < 4.78 is 0. The van der Waals surface area contributed by atoms with Crippen LogP contribution >= 0.6 is 0 Å². The third-order valence-corrected chi connectivity index (χ3v) is 6.02. The van der Waals surface area contributed by atoms with Gasteiger partial charge in [0.2, 0.25) is 5.91 Å². The molecule has 5 heteroatoms. The number of hydrogen-bond donors (Lipinski definition) is 2. The first-order valence-electron chi connectivity index (χ1n) is 10.4. The third-order valence-electron chi connectivity index (χ3n) is 6.02. The van der Waals surface area contributed by atoms with E-state index in [1.165, 1.54) is 6.42 Å². The minimum absolute atomic E-state index is 0.0390. The lowest BCUT2D eigenvalue weighted by Crippen LogP contribution is -2.48. The van der Waals surface area contributed by atoms with Gasteiger partial charge in [0, 0.05) is 25.0 Å². The molecule has 1 saturated carbocycles. The highest BCUT2D eigenvalue weighted by atomic mass is 16.3. The Bertz CT molecular complexity index is 672. The topological polar surface area (TPSA) is 69.6 Å². The van der Waals surface area contributed by atoms with Crippen molar-refractivity contribution in [3.8, 4) is 5.75 Å². The normalized spacial score (nSPS) is 19.3. The zero-order valence-corrected chi connectivity index (χ0v) is 16.5. The maximum atomic E-state index is 12.9. The number of hydrogen-bond acceptors (Lipinski definition) is 3. The van der Waals surface area contributed by atoms with Gasteiger partial charge in [0.1, 0.15) is 5.75 Å². The summed E-state index contributed by atoms with van der Waals surface area (Å²) in [5, 5.41) is 13.3. The van der Waals surface area contributed by atoms with E-state index in [0.717, 1.165) is 44.1 Å². The first-order valence-corrected chi connectivity index (χ1v) is 10.4. The van der Waals surface area contributed by atoms with Gasteiger partial charge in [0.15, 0.2) is 0 Å². The van der Waals surface area contributed by atoms with E-state index >= 15 is 0 Å². The van der Waals surface area contributed by atoms with Crippen LogP contribution in [0, 0.1) is 5.92 Å². The minimum atomic E-state index is -0.118. The van der Waals surface area contributed by atoms with Gasteiger partial charge in [-0.05, 0) is 49.3 Å². The summed E-state index contributed by atoms with van der Waals surface area (Å²) >= 11 is 0. The van der Waals surface area contributed by atoms with Crippen molar-refractivity contribution in [3.63, 3.8) is 0 Å². The molecule has 0 atom stereocenters. The molecule has 0 radical (unpaired) electrons. The molecule has 2 fully saturated rings. The summed E-state index contributed by atoms with van der Waals surface area (Å²) in [4.78, 5) is 27.1. The van der Waals surface area contributed by atoms with Gasteiger partial charge >= 0.3 is 0 Å². The Morgan fingerprint density at radius 3 is 2.37 bits per heavy atom. The van der Waals surface area contributed by atoms with Crippen molar-refractivity contribution in [1.29, 1.82) is 0 Å². The molecule has 27 heavy (non-hydrogen) atoms. The number of benzene rings is 1. The summed E-state index contributed by atoms with van der Waals surface area (Å²) in [7, 11) is 0. The van der Waals surface area contributed by atoms with Gasteiger partial charge in [-0.2, -0.15) is 0 Å². The average Bonchev–Trinajstić information content (AvgIpc) is 2.69. The molecule has 0 unspecified atom stereocenters. The maximum absolute atomic E-state index is 12.9.